The van der Waals surface area contributed by atoms with E-state index in [1.54, 1.807) is 0 Å². The molecular weight excluding hydrogens is 202 g/mol. The quantitative estimate of drug-likeness (QED) is 0.761. The third-order valence-electron chi connectivity index (χ3n) is 3.78. The van der Waals surface area contributed by atoms with E-state index in [9.17, 15) is 4.79 Å². The van der Waals surface area contributed by atoms with Crippen molar-refractivity contribution in [3.05, 3.63) is 0 Å². The van der Waals surface area contributed by atoms with Gasteiger partial charge in [0.05, 0.1) is 0 Å². The average Bonchev–Trinajstić information content (AvgIpc) is 2.26. The molecule has 0 radical (unpaired) electrons. The van der Waals surface area contributed by atoms with Gasteiger partial charge >= 0.3 is 6.03 Å². The maximum absolute atomic E-state index is 12.1. The van der Waals surface area contributed by atoms with Gasteiger partial charge in [0, 0.05) is 18.6 Å². The Morgan fingerprint density at radius 3 is 2.50 bits per heavy atom. The Labute approximate surface area is 97.8 Å². The predicted octanol–water partition coefficient (Wildman–Crippen LogP) is 1.32. The van der Waals surface area contributed by atoms with Crippen LogP contribution in [0.15, 0.2) is 0 Å². The van der Waals surface area contributed by atoms with Crippen LogP contribution in [0.25, 0.3) is 0 Å². The second-order valence-corrected chi connectivity index (χ2v) is 4.84. The molecule has 2 N–H and O–H groups in total. The minimum absolute atomic E-state index is 0.152. The molecule has 0 atom stereocenters. The number of nitrogens with zero attached hydrogens (tertiary/aromatic N) is 1. The molecule has 0 unspecified atom stereocenters. The molecule has 1 saturated carbocycles. The molecule has 2 rings (SSSR count). The first-order chi connectivity index (χ1) is 7.81. The molecule has 1 aliphatic carbocycles. The van der Waals surface area contributed by atoms with Gasteiger partial charge in [-0.15, -0.1) is 0 Å². The van der Waals surface area contributed by atoms with Crippen LogP contribution in [-0.4, -0.2) is 42.6 Å². The molecule has 4 heteroatoms. The molecule has 0 bridgehead atoms. The molecule has 0 aromatic carbocycles. The summed E-state index contributed by atoms with van der Waals surface area (Å²) in [7, 11) is 0. The van der Waals surface area contributed by atoms with Crippen molar-refractivity contribution in [3.63, 3.8) is 0 Å². The maximum atomic E-state index is 12.1. The van der Waals surface area contributed by atoms with Gasteiger partial charge in [0.2, 0.25) is 0 Å². The minimum Gasteiger partial charge on any atom is -0.335 e. The monoisotopic (exact) mass is 225 g/mol. The van der Waals surface area contributed by atoms with Gasteiger partial charge in [-0.05, 0) is 52.1 Å². The van der Waals surface area contributed by atoms with E-state index in [2.05, 4.69) is 17.6 Å². The molecule has 1 saturated heterocycles. The number of urea groups is 1. The van der Waals surface area contributed by atoms with E-state index in [0.29, 0.717) is 12.1 Å². The first-order valence-electron chi connectivity index (χ1n) is 6.59. The van der Waals surface area contributed by atoms with Gasteiger partial charge in [-0.2, -0.15) is 0 Å². The van der Waals surface area contributed by atoms with Crippen molar-refractivity contribution in [1.29, 1.82) is 0 Å². The van der Waals surface area contributed by atoms with Crippen molar-refractivity contribution in [2.24, 2.45) is 0 Å². The summed E-state index contributed by atoms with van der Waals surface area (Å²) in [6.45, 7) is 4.97. The number of hydrogen-bond donors (Lipinski definition) is 2. The summed E-state index contributed by atoms with van der Waals surface area (Å²) >= 11 is 0. The molecule has 2 aliphatic rings. The molecule has 4 nitrogen and oxygen atoms in total. The van der Waals surface area contributed by atoms with E-state index < -0.39 is 0 Å². The molecule has 0 aromatic heterocycles. The number of amides is 2. The third kappa shape index (κ3) is 2.67. The van der Waals surface area contributed by atoms with Crippen LogP contribution in [-0.2, 0) is 0 Å². The fourth-order valence-electron chi connectivity index (χ4n) is 2.50. The van der Waals surface area contributed by atoms with Crippen LogP contribution in [0.5, 0.6) is 0 Å². The van der Waals surface area contributed by atoms with Crippen LogP contribution in [0.3, 0.4) is 0 Å². The molecule has 0 spiro atoms. The zero-order valence-electron chi connectivity index (χ0n) is 10.2. The summed E-state index contributed by atoms with van der Waals surface area (Å²) in [6.07, 6.45) is 5.77. The molecular formula is C12H23N3O. The molecule has 2 fully saturated rings. The lowest BCUT2D eigenvalue weighted by Gasteiger charge is -2.36. The SMILES string of the molecule is CCN(C(=O)NC1CCC1)C1CCNCC1. The fourth-order valence-corrected chi connectivity index (χ4v) is 2.50. The number of nitrogens with one attached hydrogen (secondary N) is 2. The number of carbonyl (C=O) groups excluding carboxylic acids is 1. The summed E-state index contributed by atoms with van der Waals surface area (Å²) in [5.74, 6) is 0. The second kappa shape index (κ2) is 5.53. The van der Waals surface area contributed by atoms with E-state index >= 15 is 0 Å². The van der Waals surface area contributed by atoms with Crippen molar-refractivity contribution in [2.45, 2.75) is 51.1 Å². The highest BCUT2D eigenvalue weighted by molar-refractivity contribution is 5.75. The maximum Gasteiger partial charge on any atom is 0.317 e. The standard InChI is InChI=1S/C12H23N3O/c1-2-15(11-6-8-13-9-7-11)12(16)14-10-4-3-5-10/h10-11,13H,2-9H2,1H3,(H,14,16). The van der Waals surface area contributed by atoms with Crippen LogP contribution in [0, 0.1) is 0 Å². The van der Waals surface area contributed by atoms with Gasteiger partial charge in [0.1, 0.15) is 0 Å². The Bertz CT molecular complexity index is 234. The first-order valence-corrected chi connectivity index (χ1v) is 6.59. The Morgan fingerprint density at radius 1 is 1.31 bits per heavy atom. The Morgan fingerprint density at radius 2 is 2.00 bits per heavy atom. The van der Waals surface area contributed by atoms with Gasteiger partial charge in [-0.25, -0.2) is 4.79 Å². The molecule has 2 amide bonds. The highest BCUT2D eigenvalue weighted by atomic mass is 16.2. The molecule has 1 heterocycles. The molecule has 16 heavy (non-hydrogen) atoms. The lowest BCUT2D eigenvalue weighted by molar-refractivity contribution is 0.154. The zero-order valence-corrected chi connectivity index (χ0v) is 10.2. The van der Waals surface area contributed by atoms with Crippen LogP contribution >= 0.6 is 0 Å². The summed E-state index contributed by atoms with van der Waals surface area (Å²) < 4.78 is 0. The number of hydrogen-bond acceptors (Lipinski definition) is 2. The van der Waals surface area contributed by atoms with E-state index in [4.69, 9.17) is 0 Å². The molecule has 0 aromatic rings. The van der Waals surface area contributed by atoms with Crippen molar-refractivity contribution in [3.8, 4) is 0 Å². The van der Waals surface area contributed by atoms with E-state index in [-0.39, 0.29) is 6.03 Å². The molecule has 92 valence electrons. The van der Waals surface area contributed by atoms with Crippen molar-refractivity contribution >= 4 is 6.03 Å². The smallest absolute Gasteiger partial charge is 0.317 e. The largest absolute Gasteiger partial charge is 0.335 e. The number of rotatable bonds is 3. The first kappa shape index (κ1) is 11.7. The highest BCUT2D eigenvalue weighted by Gasteiger charge is 2.27. The van der Waals surface area contributed by atoms with Crippen LogP contribution in [0.1, 0.15) is 39.0 Å². The van der Waals surface area contributed by atoms with Gasteiger partial charge in [-0.3, -0.25) is 0 Å². The van der Waals surface area contributed by atoms with Crippen LogP contribution < -0.4 is 10.6 Å². The predicted molar refractivity (Wildman–Crippen MR) is 64.4 cm³/mol. The summed E-state index contributed by atoms with van der Waals surface area (Å²) in [6, 6.07) is 1.04. The zero-order chi connectivity index (χ0) is 11.4. The number of carbonyl (C=O) groups is 1. The topological polar surface area (TPSA) is 44.4 Å². The van der Waals surface area contributed by atoms with E-state index in [0.717, 1.165) is 45.3 Å². The summed E-state index contributed by atoms with van der Waals surface area (Å²) in [4.78, 5) is 14.1. The second-order valence-electron chi connectivity index (χ2n) is 4.84. The van der Waals surface area contributed by atoms with Crippen molar-refractivity contribution in [1.82, 2.24) is 15.5 Å². The van der Waals surface area contributed by atoms with Crippen molar-refractivity contribution in [2.75, 3.05) is 19.6 Å². The minimum atomic E-state index is 0.152. The average molecular weight is 225 g/mol. The lowest BCUT2D eigenvalue weighted by Crippen LogP contribution is -2.53. The normalized spacial score (nSPS) is 22.6. The third-order valence-corrected chi connectivity index (χ3v) is 3.78. The van der Waals surface area contributed by atoms with Gasteiger partial charge in [0.25, 0.3) is 0 Å². The highest BCUT2D eigenvalue weighted by Crippen LogP contribution is 2.19. The van der Waals surface area contributed by atoms with E-state index in [1.807, 2.05) is 4.90 Å². The summed E-state index contributed by atoms with van der Waals surface area (Å²) in [5, 5.41) is 6.47. The molecule has 1 aliphatic heterocycles. The lowest BCUT2D eigenvalue weighted by atomic mass is 9.93. The summed E-state index contributed by atoms with van der Waals surface area (Å²) in [5.41, 5.74) is 0. The van der Waals surface area contributed by atoms with Gasteiger partial charge < -0.3 is 15.5 Å². The number of piperidine rings is 1. The van der Waals surface area contributed by atoms with Crippen LogP contribution in [0.4, 0.5) is 4.79 Å². The Balaban J connectivity index is 1.83. The van der Waals surface area contributed by atoms with Crippen molar-refractivity contribution < 1.29 is 4.79 Å². The fraction of sp³-hybridized carbons (Fsp3) is 0.917. The van der Waals surface area contributed by atoms with E-state index in [1.165, 1.54) is 6.42 Å². The Hall–Kier alpha value is -0.770. The van der Waals surface area contributed by atoms with Gasteiger partial charge in [0.15, 0.2) is 0 Å². The Kier molecular flexibility index (Phi) is 4.04. The van der Waals surface area contributed by atoms with Crippen LogP contribution in [0.2, 0.25) is 0 Å². The van der Waals surface area contributed by atoms with Gasteiger partial charge in [-0.1, -0.05) is 0 Å².